The molecule has 0 bridgehead atoms. The predicted octanol–water partition coefficient (Wildman–Crippen LogP) is -0.883. The molecule has 0 saturated carbocycles. The number of hydrogen-bond donors (Lipinski definition) is 0. The summed E-state index contributed by atoms with van der Waals surface area (Å²) in [6, 6.07) is 0. The van der Waals surface area contributed by atoms with Gasteiger partial charge in [-0.2, -0.15) is 0 Å². The predicted molar refractivity (Wildman–Crippen MR) is 12.2 cm³/mol. The number of hydrogen-bond acceptors (Lipinski definition) is 1. The van der Waals surface area contributed by atoms with Crippen LogP contribution < -0.4 is 0 Å². The number of rotatable bonds is 0. The Kier molecular flexibility index (Phi) is 78.7. The molecule has 0 amide bonds. The van der Waals surface area contributed by atoms with E-state index in [0.717, 1.165) is 0 Å². The molecule has 5 radical (unpaired) electrons. The third-order valence-corrected chi connectivity index (χ3v) is 0. The fourth-order valence-corrected chi connectivity index (χ4v) is 0. The Morgan fingerprint density at radius 3 is 1.25 bits per heavy atom. The zero-order valence-corrected chi connectivity index (χ0v) is 10.1. The summed E-state index contributed by atoms with van der Waals surface area (Å²) in [5.74, 6) is 0. The van der Waals surface area contributed by atoms with Gasteiger partial charge in [0.2, 0.25) is 0 Å². The quantitative estimate of drug-likeness (QED) is 0.521. The average molecular weight is 345 g/mol. The molecule has 0 rings (SSSR count). The normalized spacial score (nSPS) is 1.00. The van der Waals surface area contributed by atoms with Crippen molar-refractivity contribution in [3.63, 3.8) is 0 Å². The summed E-state index contributed by atoms with van der Waals surface area (Å²) in [7, 11) is 0. The van der Waals surface area contributed by atoms with E-state index in [1.54, 1.807) is 0 Å². The van der Waals surface area contributed by atoms with Gasteiger partial charge in [-0.25, -0.2) is 0 Å². The molecule has 4 heavy (non-hydrogen) atoms. The fourth-order valence-electron chi connectivity index (χ4n) is 0. The standard InChI is InChI=1S/In.Mo.O.Sn. The SMILES string of the molecule is [In].[Mo].[O]=[Sn]. The Bertz CT molecular complexity index is 8.00. The van der Waals surface area contributed by atoms with E-state index in [-0.39, 0.29) is 46.9 Å². The molecule has 0 aliphatic heterocycles. The monoisotopic (exact) mass is 349 g/mol. The molecule has 19 valence electrons. The van der Waals surface area contributed by atoms with Crippen LogP contribution in [0, 0.1) is 0 Å². The second-order valence-corrected chi connectivity index (χ2v) is 0. The summed E-state index contributed by atoms with van der Waals surface area (Å²) in [5.41, 5.74) is 0. The molecule has 0 aliphatic carbocycles. The van der Waals surface area contributed by atoms with Gasteiger partial charge in [0.15, 0.2) is 0 Å². The van der Waals surface area contributed by atoms with Gasteiger partial charge in [0.1, 0.15) is 0 Å². The van der Waals surface area contributed by atoms with Crippen LogP contribution in [-0.4, -0.2) is 48.4 Å². The van der Waals surface area contributed by atoms with E-state index < -0.39 is 0 Å². The zero-order chi connectivity index (χ0) is 2.00. The van der Waals surface area contributed by atoms with Crippen LogP contribution >= 0.6 is 0 Å². The van der Waals surface area contributed by atoms with Crippen LogP contribution in [0.3, 0.4) is 0 Å². The molecule has 0 unspecified atom stereocenters. The van der Waals surface area contributed by atoms with Crippen LogP contribution in [0.4, 0.5) is 0 Å². The summed E-state index contributed by atoms with van der Waals surface area (Å²) in [6.07, 6.45) is 0. The van der Waals surface area contributed by atoms with E-state index >= 15 is 0 Å². The molecule has 0 fully saturated rings. The molecule has 0 atom stereocenters. The molecule has 0 heterocycles. The fraction of sp³-hybridized carbons (Fsp3) is 0. The average Bonchev–Trinajstić information content (AvgIpc) is 1.00. The van der Waals surface area contributed by atoms with Crippen molar-refractivity contribution < 1.29 is 24.1 Å². The summed E-state index contributed by atoms with van der Waals surface area (Å²) in [6.45, 7) is 0. The van der Waals surface area contributed by atoms with E-state index in [1.807, 2.05) is 0 Å². The van der Waals surface area contributed by atoms with Crippen molar-refractivity contribution in [3.05, 3.63) is 0 Å². The summed E-state index contributed by atoms with van der Waals surface area (Å²) in [5, 5.41) is 0. The van der Waals surface area contributed by atoms with Crippen LogP contribution in [0.25, 0.3) is 0 Å². The topological polar surface area (TPSA) is 17.1 Å². The second kappa shape index (κ2) is 19.2. The Labute approximate surface area is 71.4 Å². The van der Waals surface area contributed by atoms with Gasteiger partial charge in [-0.15, -0.1) is 0 Å². The minimum atomic E-state index is 0. The molecule has 0 aromatic heterocycles. The van der Waals surface area contributed by atoms with Gasteiger partial charge in [-0.3, -0.25) is 0 Å². The molecular formula is InMoOSn. The van der Waals surface area contributed by atoms with Gasteiger partial charge in [0.25, 0.3) is 0 Å². The third-order valence-electron chi connectivity index (χ3n) is 0. The van der Waals surface area contributed by atoms with Gasteiger partial charge in [-0.1, -0.05) is 0 Å². The maximum absolute atomic E-state index is 8.34. The first-order chi connectivity index (χ1) is 1.00. The van der Waals surface area contributed by atoms with Gasteiger partial charge in [0.05, 0.1) is 0 Å². The van der Waals surface area contributed by atoms with E-state index in [4.69, 9.17) is 3.08 Å². The van der Waals surface area contributed by atoms with Gasteiger partial charge >= 0.3 is 25.6 Å². The maximum atomic E-state index is 8.34. The van der Waals surface area contributed by atoms with Crippen molar-refractivity contribution >= 4 is 48.4 Å². The summed E-state index contributed by atoms with van der Waals surface area (Å²) in [4.78, 5) is 0. The van der Waals surface area contributed by atoms with Crippen molar-refractivity contribution in [2.24, 2.45) is 0 Å². The van der Waals surface area contributed by atoms with Crippen molar-refractivity contribution in [2.45, 2.75) is 0 Å². The van der Waals surface area contributed by atoms with Crippen LogP contribution in [0.5, 0.6) is 0 Å². The third kappa shape index (κ3) is 8.90. The van der Waals surface area contributed by atoms with Crippen LogP contribution in [0.2, 0.25) is 0 Å². The van der Waals surface area contributed by atoms with Crippen LogP contribution in [-0.2, 0) is 24.1 Å². The van der Waals surface area contributed by atoms with E-state index in [2.05, 4.69) is 0 Å². The summed E-state index contributed by atoms with van der Waals surface area (Å²) < 4.78 is 8.34. The molecule has 0 aromatic carbocycles. The first-order valence-electron chi connectivity index (χ1n) is 0.204. The molecule has 4 heteroatoms. The van der Waals surface area contributed by atoms with E-state index in [0.29, 0.717) is 22.5 Å². The molecule has 0 aliphatic rings. The minimum absolute atomic E-state index is 0. The van der Waals surface area contributed by atoms with Crippen molar-refractivity contribution in [1.29, 1.82) is 0 Å². The Morgan fingerprint density at radius 1 is 1.25 bits per heavy atom. The van der Waals surface area contributed by atoms with Gasteiger partial charge in [-0.05, 0) is 0 Å². The molecule has 0 N–H and O–H groups in total. The van der Waals surface area contributed by atoms with Crippen LogP contribution in [0.15, 0.2) is 0 Å². The molecule has 0 saturated heterocycles. The van der Waals surface area contributed by atoms with Crippen LogP contribution in [0.1, 0.15) is 0 Å². The molecular weight excluding hydrogens is 345 g/mol. The Morgan fingerprint density at radius 2 is 1.25 bits per heavy atom. The zero-order valence-electron chi connectivity index (χ0n) is 1.89. The first kappa shape index (κ1) is 16.4. The summed E-state index contributed by atoms with van der Waals surface area (Å²) >= 11 is 0.300. The molecule has 0 spiro atoms. The van der Waals surface area contributed by atoms with Gasteiger partial charge in [0, 0.05) is 46.9 Å². The Hall–Kier alpha value is 2.16. The first-order valence-corrected chi connectivity index (χ1v) is 1.37. The Balaban J connectivity index is -0.00000000500. The van der Waals surface area contributed by atoms with Gasteiger partial charge < -0.3 is 0 Å². The van der Waals surface area contributed by atoms with Crippen molar-refractivity contribution in [1.82, 2.24) is 0 Å². The molecule has 0 aromatic rings. The second-order valence-electron chi connectivity index (χ2n) is 0. The van der Waals surface area contributed by atoms with E-state index in [9.17, 15) is 0 Å². The van der Waals surface area contributed by atoms with E-state index in [1.165, 1.54) is 0 Å². The van der Waals surface area contributed by atoms with Crippen molar-refractivity contribution in [2.75, 3.05) is 0 Å². The molecule has 1 nitrogen and oxygen atoms in total. The van der Waals surface area contributed by atoms with Crippen molar-refractivity contribution in [3.8, 4) is 0 Å².